The molecular formula is C17H15N3O4. The standard InChI is InChI=1S/C17H15N3O4/c21-15-6-3-13(4-7-15)11-19(12-16-2-1-9-24-16)17-8-5-14(10-18-17)20(22)23/h1-10,21H,11-12H2. The predicted octanol–water partition coefficient (Wildman–Crippen LogP) is 3.50. The zero-order valence-electron chi connectivity index (χ0n) is 12.7. The summed E-state index contributed by atoms with van der Waals surface area (Å²) in [6.07, 6.45) is 2.83. The van der Waals surface area contributed by atoms with Gasteiger partial charge in [0.1, 0.15) is 23.5 Å². The number of aromatic hydroxyl groups is 1. The fourth-order valence-corrected chi connectivity index (χ4v) is 2.30. The molecule has 0 saturated heterocycles. The molecule has 0 atom stereocenters. The van der Waals surface area contributed by atoms with Crippen molar-refractivity contribution < 1.29 is 14.4 Å². The molecule has 1 N–H and O–H groups in total. The molecule has 2 heterocycles. The van der Waals surface area contributed by atoms with Gasteiger partial charge in [-0.15, -0.1) is 0 Å². The minimum Gasteiger partial charge on any atom is -0.508 e. The van der Waals surface area contributed by atoms with Crippen molar-refractivity contribution in [2.45, 2.75) is 13.1 Å². The summed E-state index contributed by atoms with van der Waals surface area (Å²) < 4.78 is 5.39. The van der Waals surface area contributed by atoms with E-state index in [-0.39, 0.29) is 11.4 Å². The molecule has 0 unspecified atom stereocenters. The topological polar surface area (TPSA) is 92.6 Å². The minimum absolute atomic E-state index is 0.0543. The molecule has 0 spiro atoms. The van der Waals surface area contributed by atoms with Crippen LogP contribution in [0.5, 0.6) is 5.75 Å². The lowest BCUT2D eigenvalue weighted by Gasteiger charge is -2.22. The van der Waals surface area contributed by atoms with Gasteiger partial charge in [-0.2, -0.15) is 0 Å². The Morgan fingerprint density at radius 3 is 2.50 bits per heavy atom. The first-order valence-corrected chi connectivity index (χ1v) is 7.27. The van der Waals surface area contributed by atoms with Gasteiger partial charge in [-0.1, -0.05) is 12.1 Å². The van der Waals surface area contributed by atoms with Gasteiger partial charge in [-0.05, 0) is 35.9 Å². The van der Waals surface area contributed by atoms with Gasteiger partial charge in [-0.3, -0.25) is 10.1 Å². The summed E-state index contributed by atoms with van der Waals surface area (Å²) in [5.41, 5.74) is 0.917. The average molecular weight is 325 g/mol. The number of pyridine rings is 1. The molecule has 0 aliphatic heterocycles. The quantitative estimate of drug-likeness (QED) is 0.551. The van der Waals surface area contributed by atoms with Crippen molar-refractivity contribution in [1.82, 2.24) is 4.98 Å². The number of hydrogen-bond acceptors (Lipinski definition) is 6. The summed E-state index contributed by atoms with van der Waals surface area (Å²) in [5, 5.41) is 20.2. The Balaban J connectivity index is 1.85. The maximum absolute atomic E-state index is 10.8. The second kappa shape index (κ2) is 6.82. The lowest BCUT2D eigenvalue weighted by Crippen LogP contribution is -2.22. The summed E-state index contributed by atoms with van der Waals surface area (Å²) in [5.74, 6) is 1.56. The fraction of sp³-hybridized carbons (Fsp3) is 0.118. The molecule has 7 nitrogen and oxygen atoms in total. The Morgan fingerprint density at radius 1 is 1.12 bits per heavy atom. The average Bonchev–Trinajstić information content (AvgIpc) is 3.09. The third kappa shape index (κ3) is 3.70. The number of rotatable bonds is 6. The van der Waals surface area contributed by atoms with Crippen LogP contribution in [0.2, 0.25) is 0 Å². The molecule has 7 heteroatoms. The second-order valence-electron chi connectivity index (χ2n) is 5.23. The lowest BCUT2D eigenvalue weighted by molar-refractivity contribution is -0.385. The summed E-state index contributed by atoms with van der Waals surface area (Å²) >= 11 is 0. The third-order valence-electron chi connectivity index (χ3n) is 3.50. The normalized spacial score (nSPS) is 10.5. The van der Waals surface area contributed by atoms with Gasteiger partial charge in [0.25, 0.3) is 5.69 Å². The van der Waals surface area contributed by atoms with Gasteiger partial charge >= 0.3 is 0 Å². The fourth-order valence-electron chi connectivity index (χ4n) is 2.30. The van der Waals surface area contributed by atoms with Gasteiger partial charge in [0.05, 0.1) is 17.7 Å². The maximum Gasteiger partial charge on any atom is 0.287 e. The van der Waals surface area contributed by atoms with Gasteiger partial charge in [0, 0.05) is 12.6 Å². The summed E-state index contributed by atoms with van der Waals surface area (Å²) in [4.78, 5) is 16.4. The molecule has 0 fully saturated rings. The number of anilines is 1. The number of nitro groups is 1. The number of hydrogen-bond donors (Lipinski definition) is 1. The van der Waals surface area contributed by atoms with Crippen molar-refractivity contribution in [3.05, 3.63) is 82.4 Å². The first kappa shape index (κ1) is 15.5. The Labute approximate surface area is 137 Å². The van der Waals surface area contributed by atoms with Gasteiger partial charge in [0.2, 0.25) is 0 Å². The molecule has 0 aliphatic carbocycles. The number of furan rings is 1. The molecule has 1 aromatic carbocycles. The van der Waals surface area contributed by atoms with Gasteiger partial charge in [-0.25, -0.2) is 4.98 Å². The predicted molar refractivity (Wildman–Crippen MR) is 87.6 cm³/mol. The van der Waals surface area contributed by atoms with Crippen LogP contribution in [0.15, 0.2) is 65.4 Å². The van der Waals surface area contributed by atoms with Crippen molar-refractivity contribution in [1.29, 1.82) is 0 Å². The van der Waals surface area contributed by atoms with Crippen LogP contribution in [0.4, 0.5) is 11.5 Å². The summed E-state index contributed by atoms with van der Waals surface area (Å²) in [6, 6.07) is 13.6. The monoisotopic (exact) mass is 325 g/mol. The molecule has 2 aromatic heterocycles. The van der Waals surface area contributed by atoms with E-state index < -0.39 is 4.92 Å². The second-order valence-corrected chi connectivity index (χ2v) is 5.23. The molecule has 0 aliphatic rings. The van der Waals surface area contributed by atoms with E-state index in [0.717, 1.165) is 11.3 Å². The Kier molecular flexibility index (Phi) is 4.42. The summed E-state index contributed by atoms with van der Waals surface area (Å²) in [6.45, 7) is 0.991. The highest BCUT2D eigenvalue weighted by Crippen LogP contribution is 2.21. The van der Waals surface area contributed by atoms with Crippen molar-refractivity contribution in [3.8, 4) is 5.75 Å². The first-order valence-electron chi connectivity index (χ1n) is 7.27. The molecule has 122 valence electrons. The number of benzene rings is 1. The number of nitrogens with zero attached hydrogens (tertiary/aromatic N) is 3. The molecule has 0 saturated carbocycles. The van der Waals surface area contributed by atoms with Crippen LogP contribution in [0.3, 0.4) is 0 Å². The zero-order valence-corrected chi connectivity index (χ0v) is 12.7. The van der Waals surface area contributed by atoms with Crippen LogP contribution >= 0.6 is 0 Å². The van der Waals surface area contributed by atoms with Crippen molar-refractivity contribution in [3.63, 3.8) is 0 Å². The SMILES string of the molecule is O=[N+]([O-])c1ccc(N(Cc2ccc(O)cc2)Cc2ccco2)nc1. The van der Waals surface area contributed by atoms with Crippen LogP contribution in [-0.2, 0) is 13.1 Å². The van der Waals surface area contributed by atoms with Crippen molar-refractivity contribution in [2.24, 2.45) is 0 Å². The van der Waals surface area contributed by atoms with E-state index in [0.29, 0.717) is 18.9 Å². The van der Waals surface area contributed by atoms with E-state index in [1.54, 1.807) is 30.5 Å². The van der Waals surface area contributed by atoms with Crippen LogP contribution in [-0.4, -0.2) is 15.0 Å². The number of phenols is 1. The molecule has 0 amide bonds. The van der Waals surface area contributed by atoms with Crippen LogP contribution < -0.4 is 4.90 Å². The molecule has 0 radical (unpaired) electrons. The van der Waals surface area contributed by atoms with E-state index in [1.165, 1.54) is 12.3 Å². The third-order valence-corrected chi connectivity index (χ3v) is 3.50. The van der Waals surface area contributed by atoms with Crippen LogP contribution in [0.1, 0.15) is 11.3 Å². The highest BCUT2D eigenvalue weighted by Gasteiger charge is 2.13. The van der Waals surface area contributed by atoms with E-state index >= 15 is 0 Å². The molecule has 0 bridgehead atoms. The maximum atomic E-state index is 10.8. The molecule has 24 heavy (non-hydrogen) atoms. The van der Waals surface area contributed by atoms with E-state index in [9.17, 15) is 15.2 Å². The Hall–Kier alpha value is -3.35. The molecule has 3 aromatic rings. The van der Waals surface area contributed by atoms with Crippen LogP contribution in [0.25, 0.3) is 0 Å². The Bertz CT molecular complexity index is 799. The summed E-state index contributed by atoms with van der Waals surface area (Å²) in [7, 11) is 0. The van der Waals surface area contributed by atoms with Crippen molar-refractivity contribution in [2.75, 3.05) is 4.90 Å². The van der Waals surface area contributed by atoms with Crippen molar-refractivity contribution >= 4 is 11.5 Å². The van der Waals surface area contributed by atoms with Crippen LogP contribution in [0, 0.1) is 10.1 Å². The zero-order chi connectivity index (χ0) is 16.9. The van der Waals surface area contributed by atoms with Gasteiger partial charge in [0.15, 0.2) is 0 Å². The smallest absolute Gasteiger partial charge is 0.287 e. The first-order chi connectivity index (χ1) is 11.6. The highest BCUT2D eigenvalue weighted by atomic mass is 16.6. The lowest BCUT2D eigenvalue weighted by atomic mass is 10.2. The van der Waals surface area contributed by atoms with E-state index in [1.807, 2.05) is 23.1 Å². The molecular weight excluding hydrogens is 310 g/mol. The van der Waals surface area contributed by atoms with E-state index in [4.69, 9.17) is 4.42 Å². The van der Waals surface area contributed by atoms with Gasteiger partial charge < -0.3 is 14.4 Å². The number of phenolic OH excluding ortho intramolecular Hbond substituents is 1. The number of aromatic nitrogens is 1. The molecule has 3 rings (SSSR count). The Morgan fingerprint density at radius 2 is 1.92 bits per heavy atom. The minimum atomic E-state index is -0.479. The highest BCUT2D eigenvalue weighted by molar-refractivity contribution is 5.44. The van der Waals surface area contributed by atoms with E-state index in [2.05, 4.69) is 4.98 Å². The largest absolute Gasteiger partial charge is 0.508 e.